The molecule has 3 aromatic rings. The van der Waals surface area contributed by atoms with E-state index in [9.17, 15) is 0 Å². The summed E-state index contributed by atoms with van der Waals surface area (Å²) in [6, 6.07) is 7.83. The Morgan fingerprint density at radius 2 is 2.06 bits per heavy atom. The van der Waals surface area contributed by atoms with Crippen LogP contribution in [0.5, 0.6) is 0 Å². The Balaban J connectivity index is 2.19. The number of fused-ring (bicyclic) bond motifs is 1. The Morgan fingerprint density at radius 1 is 1.18 bits per heavy atom. The van der Waals surface area contributed by atoms with Crippen LogP contribution in [0.4, 0.5) is 0 Å². The highest BCUT2D eigenvalue weighted by atomic mass is 35.5. The second kappa shape index (κ2) is 3.82. The number of nitrogens with one attached hydrogen (secondary N) is 1. The van der Waals surface area contributed by atoms with E-state index in [0.29, 0.717) is 0 Å². The molecule has 0 atom stereocenters. The van der Waals surface area contributed by atoms with Crippen molar-refractivity contribution in [1.29, 1.82) is 0 Å². The van der Waals surface area contributed by atoms with Crippen molar-refractivity contribution in [3.05, 3.63) is 41.6 Å². The first-order valence-corrected chi connectivity index (χ1v) is 5.55. The molecule has 2 heterocycles. The molecule has 0 unspecified atom stereocenters. The van der Waals surface area contributed by atoms with Gasteiger partial charge in [0.05, 0.1) is 23.1 Å². The van der Waals surface area contributed by atoms with Gasteiger partial charge in [-0.1, -0.05) is 6.07 Å². The average molecular weight is 245 g/mol. The molecular weight excluding hydrogens is 236 g/mol. The number of nitrogens with zero attached hydrogens (tertiary/aromatic N) is 3. The molecule has 0 aliphatic rings. The summed E-state index contributed by atoms with van der Waals surface area (Å²) in [5.74, 6) is 0. The van der Waals surface area contributed by atoms with E-state index in [1.54, 1.807) is 6.33 Å². The third-order valence-corrected chi connectivity index (χ3v) is 2.71. The van der Waals surface area contributed by atoms with Crippen LogP contribution in [0.25, 0.3) is 22.3 Å². The van der Waals surface area contributed by atoms with Crippen molar-refractivity contribution in [2.24, 2.45) is 0 Å². The van der Waals surface area contributed by atoms with Gasteiger partial charge in [-0.15, -0.1) is 0 Å². The Bertz CT molecular complexity index is 670. The Labute approximate surface area is 103 Å². The quantitative estimate of drug-likeness (QED) is 0.670. The molecule has 0 saturated carbocycles. The van der Waals surface area contributed by atoms with Crippen molar-refractivity contribution < 1.29 is 0 Å². The molecule has 5 heteroatoms. The molecule has 0 aliphatic heterocycles. The van der Waals surface area contributed by atoms with Gasteiger partial charge in [-0.05, 0) is 36.7 Å². The normalized spacial score (nSPS) is 10.9. The van der Waals surface area contributed by atoms with E-state index in [0.717, 1.165) is 28.0 Å². The number of hydrogen-bond acceptors (Lipinski definition) is 3. The largest absolute Gasteiger partial charge is 0.345 e. The summed E-state index contributed by atoms with van der Waals surface area (Å²) < 4.78 is 0. The van der Waals surface area contributed by atoms with Crippen LogP contribution in [-0.4, -0.2) is 19.9 Å². The fourth-order valence-electron chi connectivity index (χ4n) is 1.78. The second-order valence-corrected chi connectivity index (χ2v) is 4.14. The molecule has 3 rings (SSSR count). The van der Waals surface area contributed by atoms with Crippen molar-refractivity contribution >= 4 is 22.6 Å². The summed E-state index contributed by atoms with van der Waals surface area (Å²) in [6.07, 6.45) is 1.67. The van der Waals surface area contributed by atoms with Gasteiger partial charge in [0, 0.05) is 11.3 Å². The summed E-state index contributed by atoms with van der Waals surface area (Å²) >= 11 is 5.85. The van der Waals surface area contributed by atoms with Crippen molar-refractivity contribution in [1.82, 2.24) is 19.9 Å². The van der Waals surface area contributed by atoms with Gasteiger partial charge in [-0.3, -0.25) is 0 Å². The predicted octanol–water partition coefficient (Wildman–Crippen LogP) is 2.98. The summed E-state index contributed by atoms with van der Waals surface area (Å²) in [5.41, 5.74) is 4.58. The number of aromatic amines is 1. The van der Waals surface area contributed by atoms with Crippen molar-refractivity contribution in [3.8, 4) is 11.3 Å². The van der Waals surface area contributed by atoms with Gasteiger partial charge in [0.2, 0.25) is 5.28 Å². The zero-order valence-corrected chi connectivity index (χ0v) is 9.86. The highest BCUT2D eigenvalue weighted by Gasteiger charge is 2.05. The summed E-state index contributed by atoms with van der Waals surface area (Å²) in [6.45, 7) is 1.89. The molecule has 84 valence electrons. The first-order chi connectivity index (χ1) is 8.22. The summed E-state index contributed by atoms with van der Waals surface area (Å²) in [4.78, 5) is 15.5. The van der Waals surface area contributed by atoms with E-state index in [2.05, 4.69) is 19.9 Å². The lowest BCUT2D eigenvalue weighted by Crippen LogP contribution is -1.90. The monoisotopic (exact) mass is 244 g/mol. The van der Waals surface area contributed by atoms with Crippen LogP contribution < -0.4 is 0 Å². The van der Waals surface area contributed by atoms with Gasteiger partial charge in [0.25, 0.3) is 0 Å². The standard InChI is InChI=1S/C12H9ClN4/c1-7-4-10(17-12(13)16-7)8-2-3-9-11(5-8)15-6-14-9/h2-6H,1H3,(H,14,15). The van der Waals surface area contributed by atoms with E-state index in [4.69, 9.17) is 11.6 Å². The smallest absolute Gasteiger partial charge is 0.223 e. The molecule has 4 nitrogen and oxygen atoms in total. The maximum atomic E-state index is 5.85. The van der Waals surface area contributed by atoms with Gasteiger partial charge < -0.3 is 4.98 Å². The summed E-state index contributed by atoms with van der Waals surface area (Å²) in [7, 11) is 0. The minimum Gasteiger partial charge on any atom is -0.345 e. The molecule has 0 amide bonds. The molecule has 0 saturated heterocycles. The molecule has 0 bridgehead atoms. The maximum Gasteiger partial charge on any atom is 0.223 e. The van der Waals surface area contributed by atoms with Gasteiger partial charge in [0.1, 0.15) is 0 Å². The highest BCUT2D eigenvalue weighted by Crippen LogP contribution is 2.22. The zero-order chi connectivity index (χ0) is 11.8. The fraction of sp³-hybridized carbons (Fsp3) is 0.0833. The lowest BCUT2D eigenvalue weighted by Gasteiger charge is -2.02. The van der Waals surface area contributed by atoms with E-state index >= 15 is 0 Å². The van der Waals surface area contributed by atoms with E-state index < -0.39 is 0 Å². The SMILES string of the molecule is Cc1cc(-c2ccc3nc[nH]c3c2)nc(Cl)n1. The van der Waals surface area contributed by atoms with Crippen molar-refractivity contribution in [2.45, 2.75) is 6.92 Å². The van der Waals surface area contributed by atoms with Crippen LogP contribution in [-0.2, 0) is 0 Å². The topological polar surface area (TPSA) is 54.5 Å². The van der Waals surface area contributed by atoms with Crippen LogP contribution in [0, 0.1) is 6.92 Å². The number of benzene rings is 1. The Kier molecular flexibility index (Phi) is 2.30. The van der Waals surface area contributed by atoms with E-state index in [1.807, 2.05) is 31.2 Å². The number of aryl methyl sites for hydroxylation is 1. The molecule has 2 aromatic heterocycles. The molecule has 0 aliphatic carbocycles. The van der Waals surface area contributed by atoms with Crippen LogP contribution in [0.15, 0.2) is 30.6 Å². The van der Waals surface area contributed by atoms with Crippen molar-refractivity contribution in [2.75, 3.05) is 0 Å². The summed E-state index contributed by atoms with van der Waals surface area (Å²) in [5, 5.41) is 0.268. The number of hydrogen-bond donors (Lipinski definition) is 1. The second-order valence-electron chi connectivity index (χ2n) is 3.80. The zero-order valence-electron chi connectivity index (χ0n) is 9.11. The lowest BCUT2D eigenvalue weighted by molar-refractivity contribution is 1.11. The molecular formula is C12H9ClN4. The van der Waals surface area contributed by atoms with Crippen LogP contribution in [0.2, 0.25) is 5.28 Å². The molecule has 17 heavy (non-hydrogen) atoms. The Hall–Kier alpha value is -1.94. The lowest BCUT2D eigenvalue weighted by atomic mass is 10.1. The highest BCUT2D eigenvalue weighted by molar-refractivity contribution is 6.28. The molecule has 0 radical (unpaired) electrons. The van der Waals surface area contributed by atoms with Crippen LogP contribution in [0.3, 0.4) is 0 Å². The average Bonchev–Trinajstić information content (AvgIpc) is 2.74. The molecule has 1 N–H and O–H groups in total. The van der Waals surface area contributed by atoms with Crippen molar-refractivity contribution in [3.63, 3.8) is 0 Å². The fourth-order valence-corrected chi connectivity index (χ4v) is 2.00. The molecule has 0 fully saturated rings. The minimum atomic E-state index is 0.268. The number of H-pyrrole nitrogens is 1. The molecule has 0 spiro atoms. The van der Waals surface area contributed by atoms with Crippen LogP contribution in [0.1, 0.15) is 5.69 Å². The van der Waals surface area contributed by atoms with Gasteiger partial charge >= 0.3 is 0 Å². The number of halogens is 1. The van der Waals surface area contributed by atoms with Gasteiger partial charge in [-0.2, -0.15) is 0 Å². The Morgan fingerprint density at radius 3 is 2.88 bits per heavy atom. The minimum absolute atomic E-state index is 0.268. The van der Waals surface area contributed by atoms with Crippen LogP contribution >= 0.6 is 11.6 Å². The number of rotatable bonds is 1. The molecule has 1 aromatic carbocycles. The number of imidazole rings is 1. The third-order valence-electron chi connectivity index (χ3n) is 2.54. The predicted molar refractivity (Wildman–Crippen MR) is 66.9 cm³/mol. The maximum absolute atomic E-state index is 5.85. The number of aromatic nitrogens is 4. The third kappa shape index (κ3) is 1.87. The van der Waals surface area contributed by atoms with Gasteiger partial charge in [-0.25, -0.2) is 15.0 Å². The van der Waals surface area contributed by atoms with E-state index in [1.165, 1.54) is 0 Å². The first kappa shape index (κ1) is 10.2. The first-order valence-electron chi connectivity index (χ1n) is 5.17. The van der Waals surface area contributed by atoms with Gasteiger partial charge in [0.15, 0.2) is 0 Å². The van der Waals surface area contributed by atoms with E-state index in [-0.39, 0.29) is 5.28 Å².